The lowest BCUT2D eigenvalue weighted by molar-refractivity contribution is 0.231. The molecule has 0 nitrogen and oxygen atoms in total. The van der Waals surface area contributed by atoms with Gasteiger partial charge in [0.15, 0.2) is 0 Å². The molecule has 4 atom stereocenters. The van der Waals surface area contributed by atoms with E-state index in [1.165, 1.54) is 25.7 Å². The predicted octanol–water partition coefficient (Wildman–Crippen LogP) is 3.85. The number of hydrogen-bond acceptors (Lipinski definition) is 1. The summed E-state index contributed by atoms with van der Waals surface area (Å²) in [6.07, 6.45) is 12.3. The summed E-state index contributed by atoms with van der Waals surface area (Å²) in [7, 11) is 0. The minimum atomic E-state index is 1.09. The van der Waals surface area contributed by atoms with Crippen LogP contribution in [0.25, 0.3) is 0 Å². The Morgan fingerprint density at radius 3 is 1.62 bits per heavy atom. The Hall–Kier alpha value is 0.350. The molecule has 1 aliphatic heterocycles. The van der Waals surface area contributed by atoms with Crippen molar-refractivity contribution in [3.8, 4) is 0 Å². The van der Waals surface area contributed by atoms with Crippen LogP contribution in [-0.4, -0.2) is 10.5 Å². The van der Waals surface area contributed by atoms with E-state index >= 15 is 0 Å². The fourth-order valence-corrected chi connectivity index (χ4v) is 5.93. The highest BCUT2D eigenvalue weighted by atomic mass is 32.2. The highest BCUT2D eigenvalue weighted by Gasteiger charge is 2.44. The first kappa shape index (κ1) is 8.64. The molecule has 1 heterocycles. The minimum Gasteiger partial charge on any atom is -0.155 e. The third-order valence-electron chi connectivity index (χ3n) is 4.41. The lowest BCUT2D eigenvalue weighted by Crippen LogP contribution is -2.26. The smallest absolute Gasteiger partial charge is 0.00812 e. The normalized spacial score (nSPS) is 49.8. The van der Waals surface area contributed by atoms with E-state index in [4.69, 9.17) is 0 Å². The summed E-state index contributed by atoms with van der Waals surface area (Å²) in [6, 6.07) is 0. The second-order valence-electron chi connectivity index (χ2n) is 5.11. The molecule has 3 fully saturated rings. The summed E-state index contributed by atoms with van der Waals surface area (Å²) in [4.78, 5) is 0. The summed E-state index contributed by atoms with van der Waals surface area (Å²) in [5.41, 5.74) is 0. The molecule has 2 aliphatic carbocycles. The van der Waals surface area contributed by atoms with Crippen molar-refractivity contribution in [2.45, 2.75) is 61.9 Å². The molecule has 0 spiro atoms. The van der Waals surface area contributed by atoms with Gasteiger partial charge >= 0.3 is 0 Å². The molecule has 0 aromatic rings. The topological polar surface area (TPSA) is 0 Å². The fourth-order valence-electron chi connectivity index (χ4n) is 3.79. The Balaban J connectivity index is 1.76. The van der Waals surface area contributed by atoms with Gasteiger partial charge in [0.2, 0.25) is 0 Å². The molecule has 4 unspecified atom stereocenters. The molecule has 0 aromatic heterocycles. The third-order valence-corrected chi connectivity index (χ3v) is 6.28. The van der Waals surface area contributed by atoms with E-state index in [-0.39, 0.29) is 0 Å². The van der Waals surface area contributed by atoms with Crippen LogP contribution in [0, 0.1) is 11.8 Å². The van der Waals surface area contributed by atoms with Crippen LogP contribution in [-0.2, 0) is 0 Å². The molecule has 1 saturated heterocycles. The van der Waals surface area contributed by atoms with Crippen molar-refractivity contribution in [2.24, 2.45) is 11.8 Å². The first-order valence-electron chi connectivity index (χ1n) is 6.10. The summed E-state index contributed by atoms with van der Waals surface area (Å²) in [5.74, 6) is 2.29. The van der Waals surface area contributed by atoms with Crippen LogP contribution in [0.5, 0.6) is 0 Å². The lowest BCUT2D eigenvalue weighted by atomic mass is 9.73. The largest absolute Gasteiger partial charge is 0.155 e. The predicted molar refractivity (Wildman–Crippen MR) is 59.1 cm³/mol. The molecule has 0 N–H and O–H groups in total. The first-order chi connectivity index (χ1) is 6.45. The van der Waals surface area contributed by atoms with Crippen molar-refractivity contribution in [2.75, 3.05) is 0 Å². The van der Waals surface area contributed by atoms with Crippen LogP contribution in [0.15, 0.2) is 0 Å². The van der Waals surface area contributed by atoms with Crippen molar-refractivity contribution >= 4 is 11.8 Å². The summed E-state index contributed by atoms with van der Waals surface area (Å²) in [5, 5.41) is 2.17. The maximum atomic E-state index is 2.38. The van der Waals surface area contributed by atoms with Gasteiger partial charge in [0.05, 0.1) is 0 Å². The highest BCUT2D eigenvalue weighted by molar-refractivity contribution is 8.00. The molecule has 74 valence electrons. The van der Waals surface area contributed by atoms with Crippen LogP contribution in [0.2, 0.25) is 0 Å². The Labute approximate surface area is 85.9 Å². The number of fused-ring (bicyclic) bond motifs is 3. The van der Waals surface area contributed by atoms with Crippen LogP contribution >= 0.6 is 11.8 Å². The van der Waals surface area contributed by atoms with Crippen LogP contribution in [0.4, 0.5) is 0 Å². The molecule has 3 aliphatic rings. The molecular formula is C12H20S. The van der Waals surface area contributed by atoms with Crippen LogP contribution in [0.3, 0.4) is 0 Å². The van der Waals surface area contributed by atoms with E-state index in [1.807, 2.05) is 0 Å². The van der Waals surface area contributed by atoms with Gasteiger partial charge < -0.3 is 0 Å². The van der Waals surface area contributed by atoms with Crippen LogP contribution in [0.1, 0.15) is 51.4 Å². The van der Waals surface area contributed by atoms with Gasteiger partial charge in [-0.25, -0.2) is 0 Å². The zero-order chi connectivity index (χ0) is 8.67. The van der Waals surface area contributed by atoms with Crippen molar-refractivity contribution < 1.29 is 0 Å². The Bertz CT molecular complexity index is 170. The van der Waals surface area contributed by atoms with E-state index in [0.29, 0.717) is 0 Å². The zero-order valence-electron chi connectivity index (χ0n) is 8.37. The molecule has 0 amide bonds. The number of rotatable bonds is 0. The monoisotopic (exact) mass is 196 g/mol. The maximum Gasteiger partial charge on any atom is 0.00812 e. The van der Waals surface area contributed by atoms with Crippen LogP contribution < -0.4 is 0 Å². The van der Waals surface area contributed by atoms with Crippen molar-refractivity contribution in [3.63, 3.8) is 0 Å². The molecule has 0 bridgehead atoms. The zero-order valence-corrected chi connectivity index (χ0v) is 9.19. The van der Waals surface area contributed by atoms with Gasteiger partial charge in [0, 0.05) is 10.5 Å². The lowest BCUT2D eigenvalue weighted by Gasteiger charge is -2.31. The van der Waals surface area contributed by atoms with E-state index in [2.05, 4.69) is 11.8 Å². The SMILES string of the molecule is C1CCC2C(C1)SC1CCCCC12. The second kappa shape index (κ2) is 3.49. The van der Waals surface area contributed by atoms with E-state index in [9.17, 15) is 0 Å². The molecule has 1 heteroatoms. The summed E-state index contributed by atoms with van der Waals surface area (Å²) in [6.45, 7) is 0. The first-order valence-corrected chi connectivity index (χ1v) is 7.05. The minimum absolute atomic E-state index is 1.09. The van der Waals surface area contributed by atoms with Gasteiger partial charge in [0.1, 0.15) is 0 Å². The molecule has 2 saturated carbocycles. The Kier molecular flexibility index (Phi) is 2.32. The number of thioether (sulfide) groups is 1. The standard InChI is InChI=1S/C12H20S/c1-3-7-11-9(5-1)10-6-2-4-8-12(10)13-11/h9-12H,1-8H2. The van der Waals surface area contributed by atoms with Gasteiger partial charge in [-0.15, -0.1) is 0 Å². The summed E-state index contributed by atoms with van der Waals surface area (Å²) >= 11 is 2.38. The average Bonchev–Trinajstić information content (AvgIpc) is 2.56. The maximum absolute atomic E-state index is 2.38. The van der Waals surface area contributed by atoms with Gasteiger partial charge in [0.25, 0.3) is 0 Å². The van der Waals surface area contributed by atoms with Gasteiger partial charge in [-0.05, 0) is 37.5 Å². The fraction of sp³-hybridized carbons (Fsp3) is 1.00. The van der Waals surface area contributed by atoms with Gasteiger partial charge in [-0.1, -0.05) is 25.7 Å². The molecule has 3 rings (SSSR count). The van der Waals surface area contributed by atoms with Crippen molar-refractivity contribution in [3.05, 3.63) is 0 Å². The average molecular weight is 196 g/mol. The molecule has 0 aromatic carbocycles. The highest BCUT2D eigenvalue weighted by Crippen LogP contribution is 2.54. The van der Waals surface area contributed by atoms with E-state index < -0.39 is 0 Å². The number of hydrogen-bond donors (Lipinski definition) is 0. The quantitative estimate of drug-likeness (QED) is 0.567. The van der Waals surface area contributed by atoms with Gasteiger partial charge in [-0.2, -0.15) is 11.8 Å². The Morgan fingerprint density at radius 2 is 1.08 bits per heavy atom. The molecule has 13 heavy (non-hydrogen) atoms. The second-order valence-corrected chi connectivity index (χ2v) is 6.59. The van der Waals surface area contributed by atoms with Crippen molar-refractivity contribution in [1.82, 2.24) is 0 Å². The molecular weight excluding hydrogens is 176 g/mol. The Morgan fingerprint density at radius 1 is 0.615 bits per heavy atom. The third kappa shape index (κ3) is 1.44. The van der Waals surface area contributed by atoms with E-state index in [0.717, 1.165) is 22.3 Å². The van der Waals surface area contributed by atoms with Crippen molar-refractivity contribution in [1.29, 1.82) is 0 Å². The molecule has 0 radical (unpaired) electrons. The van der Waals surface area contributed by atoms with Gasteiger partial charge in [-0.3, -0.25) is 0 Å². The van der Waals surface area contributed by atoms with E-state index in [1.54, 1.807) is 25.7 Å². The summed E-state index contributed by atoms with van der Waals surface area (Å²) < 4.78 is 0.